The fourth-order valence-electron chi connectivity index (χ4n) is 2.26. The van der Waals surface area contributed by atoms with Crippen LogP contribution in [0.25, 0.3) is 0 Å². The molecule has 76 valence electrons. The van der Waals surface area contributed by atoms with E-state index in [1.165, 1.54) is 19.3 Å². The first kappa shape index (κ1) is 10.7. The lowest BCUT2D eigenvalue weighted by molar-refractivity contribution is -0.123. The highest BCUT2D eigenvalue weighted by Gasteiger charge is 2.21. The van der Waals surface area contributed by atoms with Crippen LogP contribution in [0.4, 0.5) is 0 Å². The summed E-state index contributed by atoms with van der Waals surface area (Å²) in [4.78, 5) is 11.7. The lowest BCUT2D eigenvalue weighted by atomic mass is 9.92. The molecule has 0 bridgehead atoms. The molecule has 1 nitrogen and oxygen atoms in total. The van der Waals surface area contributed by atoms with Crippen LogP contribution >= 0.6 is 0 Å². The van der Waals surface area contributed by atoms with Crippen LogP contribution in [0.15, 0.2) is 0 Å². The molecule has 1 rings (SSSR count). The molecule has 0 aromatic heterocycles. The summed E-state index contributed by atoms with van der Waals surface area (Å²) < 4.78 is 0. The van der Waals surface area contributed by atoms with Gasteiger partial charge in [-0.2, -0.15) is 0 Å². The molecule has 1 heteroatoms. The molecule has 1 aliphatic carbocycles. The maximum atomic E-state index is 11.7. The van der Waals surface area contributed by atoms with E-state index >= 15 is 0 Å². The van der Waals surface area contributed by atoms with E-state index in [9.17, 15) is 4.79 Å². The second-order valence-electron chi connectivity index (χ2n) is 4.53. The summed E-state index contributed by atoms with van der Waals surface area (Å²) in [5.41, 5.74) is 0. The van der Waals surface area contributed by atoms with E-state index in [1.807, 2.05) is 0 Å². The van der Waals surface area contributed by atoms with Crippen molar-refractivity contribution in [3.8, 4) is 0 Å². The van der Waals surface area contributed by atoms with Crippen molar-refractivity contribution in [2.75, 3.05) is 0 Å². The molecular weight excluding hydrogens is 160 g/mol. The van der Waals surface area contributed by atoms with Gasteiger partial charge in [0.25, 0.3) is 0 Å². The third kappa shape index (κ3) is 3.50. The SMILES string of the molecule is CCCC(=O)C1CCCC(C)CC1. The van der Waals surface area contributed by atoms with Gasteiger partial charge in [0.05, 0.1) is 0 Å². The molecule has 2 unspecified atom stereocenters. The zero-order valence-electron chi connectivity index (χ0n) is 9.01. The van der Waals surface area contributed by atoms with Gasteiger partial charge in [-0.3, -0.25) is 4.79 Å². The van der Waals surface area contributed by atoms with Crippen LogP contribution < -0.4 is 0 Å². The minimum Gasteiger partial charge on any atom is -0.299 e. The lowest BCUT2D eigenvalue weighted by Gasteiger charge is -2.11. The van der Waals surface area contributed by atoms with Crippen molar-refractivity contribution in [2.45, 2.75) is 58.8 Å². The van der Waals surface area contributed by atoms with Gasteiger partial charge in [-0.1, -0.05) is 33.1 Å². The van der Waals surface area contributed by atoms with Crippen LogP contribution in [0.1, 0.15) is 58.8 Å². The normalized spacial score (nSPS) is 29.7. The van der Waals surface area contributed by atoms with Gasteiger partial charge in [0.15, 0.2) is 0 Å². The third-order valence-electron chi connectivity index (χ3n) is 3.21. The maximum absolute atomic E-state index is 11.7. The highest BCUT2D eigenvalue weighted by Crippen LogP contribution is 2.28. The first-order chi connectivity index (χ1) is 6.24. The molecule has 1 fully saturated rings. The van der Waals surface area contributed by atoms with E-state index in [1.54, 1.807) is 0 Å². The van der Waals surface area contributed by atoms with E-state index in [-0.39, 0.29) is 0 Å². The van der Waals surface area contributed by atoms with Crippen LogP contribution in [0, 0.1) is 11.8 Å². The summed E-state index contributed by atoms with van der Waals surface area (Å²) in [7, 11) is 0. The van der Waals surface area contributed by atoms with E-state index < -0.39 is 0 Å². The molecule has 0 heterocycles. The van der Waals surface area contributed by atoms with Crippen LogP contribution in [0.2, 0.25) is 0 Å². The topological polar surface area (TPSA) is 17.1 Å². The highest BCUT2D eigenvalue weighted by atomic mass is 16.1. The Morgan fingerprint density at radius 2 is 2.00 bits per heavy atom. The molecule has 0 radical (unpaired) electrons. The fraction of sp³-hybridized carbons (Fsp3) is 0.917. The average Bonchev–Trinajstić information content (AvgIpc) is 2.30. The maximum Gasteiger partial charge on any atom is 0.135 e. The Hall–Kier alpha value is -0.330. The number of ketones is 1. The largest absolute Gasteiger partial charge is 0.299 e. The van der Waals surface area contributed by atoms with E-state index in [2.05, 4.69) is 13.8 Å². The summed E-state index contributed by atoms with van der Waals surface area (Å²) >= 11 is 0. The number of carbonyl (C=O) groups is 1. The highest BCUT2D eigenvalue weighted by molar-refractivity contribution is 5.80. The Balaban J connectivity index is 2.37. The number of carbonyl (C=O) groups excluding carboxylic acids is 1. The van der Waals surface area contributed by atoms with Gasteiger partial charge in [-0.15, -0.1) is 0 Å². The third-order valence-corrected chi connectivity index (χ3v) is 3.21. The van der Waals surface area contributed by atoms with Gasteiger partial charge in [-0.05, 0) is 25.2 Å². The summed E-state index contributed by atoms with van der Waals surface area (Å²) in [6, 6.07) is 0. The van der Waals surface area contributed by atoms with Gasteiger partial charge in [0.1, 0.15) is 5.78 Å². The zero-order valence-corrected chi connectivity index (χ0v) is 9.01. The van der Waals surface area contributed by atoms with Crippen LogP contribution in [0.5, 0.6) is 0 Å². The molecule has 0 aromatic carbocycles. The molecule has 0 spiro atoms. The first-order valence-electron chi connectivity index (χ1n) is 5.76. The summed E-state index contributed by atoms with van der Waals surface area (Å²) in [6.45, 7) is 4.41. The standard InChI is InChI=1S/C12H22O/c1-3-5-12(13)11-7-4-6-10(2)8-9-11/h10-11H,3-9H2,1-2H3. The first-order valence-corrected chi connectivity index (χ1v) is 5.76. The fourth-order valence-corrected chi connectivity index (χ4v) is 2.26. The van der Waals surface area contributed by atoms with Gasteiger partial charge in [-0.25, -0.2) is 0 Å². The molecule has 1 aliphatic rings. The van der Waals surface area contributed by atoms with Crippen molar-refractivity contribution in [3.63, 3.8) is 0 Å². The van der Waals surface area contributed by atoms with Gasteiger partial charge in [0, 0.05) is 12.3 Å². The van der Waals surface area contributed by atoms with Crippen molar-refractivity contribution in [3.05, 3.63) is 0 Å². The van der Waals surface area contributed by atoms with Gasteiger partial charge < -0.3 is 0 Å². The quantitative estimate of drug-likeness (QED) is 0.610. The lowest BCUT2D eigenvalue weighted by Crippen LogP contribution is -2.13. The molecule has 0 aromatic rings. The van der Waals surface area contributed by atoms with Crippen LogP contribution in [0.3, 0.4) is 0 Å². The van der Waals surface area contributed by atoms with Crippen molar-refractivity contribution >= 4 is 5.78 Å². The minimum atomic E-state index is 0.407. The average molecular weight is 182 g/mol. The molecule has 0 amide bonds. The number of rotatable bonds is 3. The van der Waals surface area contributed by atoms with E-state index in [0.717, 1.165) is 31.6 Å². The molecule has 0 N–H and O–H groups in total. The minimum absolute atomic E-state index is 0.407. The Labute approximate surface area is 81.9 Å². The number of hydrogen-bond donors (Lipinski definition) is 0. The predicted molar refractivity (Wildman–Crippen MR) is 55.7 cm³/mol. The Kier molecular flexibility index (Phi) is 4.47. The molecule has 1 saturated carbocycles. The molecule has 0 aliphatic heterocycles. The molecule has 13 heavy (non-hydrogen) atoms. The van der Waals surface area contributed by atoms with Crippen molar-refractivity contribution in [2.24, 2.45) is 11.8 Å². The summed E-state index contributed by atoms with van der Waals surface area (Å²) in [5.74, 6) is 1.78. The van der Waals surface area contributed by atoms with E-state index in [0.29, 0.717) is 11.7 Å². The Bertz CT molecular complexity index is 163. The van der Waals surface area contributed by atoms with Crippen LogP contribution in [-0.4, -0.2) is 5.78 Å². The molecule has 2 atom stereocenters. The number of hydrogen-bond acceptors (Lipinski definition) is 1. The molecular formula is C12H22O. The van der Waals surface area contributed by atoms with Gasteiger partial charge >= 0.3 is 0 Å². The second kappa shape index (κ2) is 5.41. The second-order valence-corrected chi connectivity index (χ2v) is 4.53. The van der Waals surface area contributed by atoms with E-state index in [4.69, 9.17) is 0 Å². The van der Waals surface area contributed by atoms with Gasteiger partial charge in [0.2, 0.25) is 0 Å². The Morgan fingerprint density at radius 1 is 1.23 bits per heavy atom. The van der Waals surface area contributed by atoms with Crippen molar-refractivity contribution in [1.82, 2.24) is 0 Å². The van der Waals surface area contributed by atoms with Crippen molar-refractivity contribution in [1.29, 1.82) is 0 Å². The van der Waals surface area contributed by atoms with Crippen LogP contribution in [-0.2, 0) is 4.79 Å². The molecule has 0 saturated heterocycles. The zero-order chi connectivity index (χ0) is 9.68. The summed E-state index contributed by atoms with van der Waals surface area (Å²) in [6.07, 6.45) is 7.99. The summed E-state index contributed by atoms with van der Waals surface area (Å²) in [5, 5.41) is 0. The monoisotopic (exact) mass is 182 g/mol. The number of Topliss-reactive ketones (excluding diaryl/α,β-unsaturated/α-hetero) is 1. The smallest absolute Gasteiger partial charge is 0.135 e. The predicted octanol–water partition coefficient (Wildman–Crippen LogP) is 3.57. The van der Waals surface area contributed by atoms with Crippen molar-refractivity contribution < 1.29 is 4.79 Å². The Morgan fingerprint density at radius 3 is 2.69 bits per heavy atom.